The van der Waals surface area contributed by atoms with Gasteiger partial charge >= 0.3 is 0 Å². The standard InChI is InChI=1S/C15H21N3O3/c1-17(2)9-10-21-13-5-3-12(4-6-13)14-15(20)16-7-8-18(14)11-19/h3-6,11,14H,7-10H2,1-2H3,(H,16,20). The van der Waals surface area contributed by atoms with Crippen LogP contribution in [0.5, 0.6) is 5.75 Å². The summed E-state index contributed by atoms with van der Waals surface area (Å²) in [7, 11) is 3.98. The zero-order chi connectivity index (χ0) is 15.2. The summed E-state index contributed by atoms with van der Waals surface area (Å²) in [5.41, 5.74) is 0.791. The normalized spacial score (nSPS) is 18.5. The molecule has 0 aliphatic carbocycles. The van der Waals surface area contributed by atoms with Crippen molar-refractivity contribution >= 4 is 12.3 Å². The summed E-state index contributed by atoms with van der Waals surface area (Å²) in [5.74, 6) is 0.615. The zero-order valence-electron chi connectivity index (χ0n) is 12.4. The second kappa shape index (κ2) is 7.08. The molecule has 0 spiro atoms. The first-order valence-corrected chi connectivity index (χ1v) is 6.98. The number of carbonyl (C=O) groups is 2. The van der Waals surface area contributed by atoms with Crippen LogP contribution in [-0.4, -0.2) is 62.5 Å². The average Bonchev–Trinajstić information content (AvgIpc) is 2.47. The molecule has 1 aromatic rings. The SMILES string of the molecule is CN(C)CCOc1ccc(C2C(=O)NCCN2C=O)cc1. The van der Waals surface area contributed by atoms with Crippen LogP contribution in [0, 0.1) is 0 Å². The first-order chi connectivity index (χ1) is 10.1. The lowest BCUT2D eigenvalue weighted by Crippen LogP contribution is -2.49. The highest BCUT2D eigenvalue weighted by molar-refractivity contribution is 5.86. The fourth-order valence-electron chi connectivity index (χ4n) is 2.23. The number of nitrogens with zero attached hydrogens (tertiary/aromatic N) is 2. The molecule has 1 saturated heterocycles. The molecule has 6 nitrogen and oxygen atoms in total. The molecule has 1 aromatic carbocycles. The number of ether oxygens (including phenoxy) is 1. The second-order valence-electron chi connectivity index (χ2n) is 5.26. The predicted molar refractivity (Wildman–Crippen MR) is 79.0 cm³/mol. The first kappa shape index (κ1) is 15.3. The van der Waals surface area contributed by atoms with Crippen LogP contribution in [-0.2, 0) is 9.59 Å². The van der Waals surface area contributed by atoms with Crippen molar-refractivity contribution in [1.82, 2.24) is 15.1 Å². The molecule has 114 valence electrons. The van der Waals surface area contributed by atoms with Gasteiger partial charge in [0.2, 0.25) is 12.3 Å². The van der Waals surface area contributed by atoms with Gasteiger partial charge in [-0.15, -0.1) is 0 Å². The van der Waals surface area contributed by atoms with Gasteiger partial charge < -0.3 is 19.9 Å². The molecule has 0 saturated carbocycles. The number of nitrogens with one attached hydrogen (secondary N) is 1. The monoisotopic (exact) mass is 291 g/mol. The number of piperazine rings is 1. The summed E-state index contributed by atoms with van der Waals surface area (Å²) in [6.45, 7) is 2.48. The Morgan fingerprint density at radius 2 is 2.10 bits per heavy atom. The van der Waals surface area contributed by atoms with E-state index in [1.807, 2.05) is 43.3 Å². The highest BCUT2D eigenvalue weighted by Crippen LogP contribution is 2.24. The van der Waals surface area contributed by atoms with Crippen molar-refractivity contribution in [2.45, 2.75) is 6.04 Å². The molecule has 6 heteroatoms. The van der Waals surface area contributed by atoms with Gasteiger partial charge in [0, 0.05) is 19.6 Å². The van der Waals surface area contributed by atoms with Crippen LogP contribution in [0.1, 0.15) is 11.6 Å². The maximum atomic E-state index is 11.9. The number of rotatable bonds is 6. The number of carbonyl (C=O) groups excluding carboxylic acids is 2. The van der Waals surface area contributed by atoms with Crippen molar-refractivity contribution < 1.29 is 14.3 Å². The van der Waals surface area contributed by atoms with Crippen molar-refractivity contribution in [1.29, 1.82) is 0 Å². The molecule has 1 atom stereocenters. The molecule has 1 unspecified atom stereocenters. The third-order valence-corrected chi connectivity index (χ3v) is 3.39. The fourth-order valence-corrected chi connectivity index (χ4v) is 2.23. The van der Waals surface area contributed by atoms with E-state index in [0.717, 1.165) is 24.3 Å². The lowest BCUT2D eigenvalue weighted by molar-refractivity contribution is -0.136. The summed E-state index contributed by atoms with van der Waals surface area (Å²) in [6.07, 6.45) is 0.727. The summed E-state index contributed by atoms with van der Waals surface area (Å²) < 4.78 is 5.61. The van der Waals surface area contributed by atoms with E-state index in [9.17, 15) is 9.59 Å². The number of amides is 2. The molecule has 1 heterocycles. The number of benzene rings is 1. The van der Waals surface area contributed by atoms with E-state index in [1.165, 1.54) is 4.90 Å². The van der Waals surface area contributed by atoms with E-state index in [2.05, 4.69) is 5.32 Å². The Kier molecular flexibility index (Phi) is 5.16. The molecule has 0 bridgehead atoms. The third-order valence-electron chi connectivity index (χ3n) is 3.39. The molecule has 0 radical (unpaired) electrons. The van der Waals surface area contributed by atoms with Crippen LogP contribution < -0.4 is 10.1 Å². The van der Waals surface area contributed by atoms with Gasteiger partial charge in [-0.1, -0.05) is 12.1 Å². The average molecular weight is 291 g/mol. The van der Waals surface area contributed by atoms with E-state index in [4.69, 9.17) is 4.74 Å². The second-order valence-corrected chi connectivity index (χ2v) is 5.26. The Balaban J connectivity index is 2.03. The molecule has 1 N–H and O–H groups in total. The van der Waals surface area contributed by atoms with Gasteiger partial charge in [-0.05, 0) is 31.8 Å². The molecule has 21 heavy (non-hydrogen) atoms. The minimum Gasteiger partial charge on any atom is -0.492 e. The van der Waals surface area contributed by atoms with Crippen molar-refractivity contribution in [2.75, 3.05) is 40.3 Å². The molecule has 2 rings (SSSR count). The van der Waals surface area contributed by atoms with Crippen LogP contribution in [0.2, 0.25) is 0 Å². The predicted octanol–water partition coefficient (Wildman–Crippen LogP) is 0.256. The molecule has 1 aliphatic rings. The molecular formula is C15H21N3O3. The molecule has 1 fully saturated rings. The molecule has 0 aromatic heterocycles. The summed E-state index contributed by atoms with van der Waals surface area (Å²) >= 11 is 0. The zero-order valence-corrected chi connectivity index (χ0v) is 12.4. The van der Waals surface area contributed by atoms with E-state index in [-0.39, 0.29) is 5.91 Å². The Hall–Kier alpha value is -2.08. The van der Waals surface area contributed by atoms with Crippen molar-refractivity contribution in [3.05, 3.63) is 29.8 Å². The maximum Gasteiger partial charge on any atom is 0.247 e. The van der Waals surface area contributed by atoms with Crippen molar-refractivity contribution in [2.24, 2.45) is 0 Å². The Labute approximate surface area is 124 Å². The molecule has 2 amide bonds. The summed E-state index contributed by atoms with van der Waals surface area (Å²) in [5, 5.41) is 2.78. The molecular weight excluding hydrogens is 270 g/mol. The van der Waals surface area contributed by atoms with Crippen LogP contribution in [0.4, 0.5) is 0 Å². The molecule has 1 aliphatic heterocycles. The summed E-state index contributed by atoms with van der Waals surface area (Å²) in [6, 6.07) is 6.77. The summed E-state index contributed by atoms with van der Waals surface area (Å²) in [4.78, 5) is 26.6. The van der Waals surface area contributed by atoms with Crippen LogP contribution in [0.25, 0.3) is 0 Å². The third kappa shape index (κ3) is 3.95. The Morgan fingerprint density at radius 1 is 1.38 bits per heavy atom. The van der Waals surface area contributed by atoms with Crippen molar-refractivity contribution in [3.8, 4) is 5.75 Å². The van der Waals surface area contributed by atoms with Gasteiger partial charge in [0.15, 0.2) is 0 Å². The maximum absolute atomic E-state index is 11.9. The van der Waals surface area contributed by atoms with Gasteiger partial charge in [0.05, 0.1) is 0 Å². The van der Waals surface area contributed by atoms with Crippen molar-refractivity contribution in [3.63, 3.8) is 0 Å². The Morgan fingerprint density at radius 3 is 2.71 bits per heavy atom. The number of likely N-dealkylation sites (N-methyl/N-ethyl adjacent to an activating group) is 1. The quantitative estimate of drug-likeness (QED) is 0.764. The van der Waals surface area contributed by atoms with E-state index < -0.39 is 6.04 Å². The van der Waals surface area contributed by atoms with E-state index in [0.29, 0.717) is 19.7 Å². The van der Waals surface area contributed by atoms with Crippen LogP contribution >= 0.6 is 0 Å². The Bertz CT molecular complexity index is 487. The number of hydrogen-bond donors (Lipinski definition) is 1. The lowest BCUT2D eigenvalue weighted by Gasteiger charge is -2.32. The van der Waals surface area contributed by atoms with Gasteiger partial charge in [-0.25, -0.2) is 0 Å². The van der Waals surface area contributed by atoms with Crippen LogP contribution in [0.15, 0.2) is 24.3 Å². The largest absolute Gasteiger partial charge is 0.492 e. The van der Waals surface area contributed by atoms with Gasteiger partial charge in [0.25, 0.3) is 0 Å². The van der Waals surface area contributed by atoms with E-state index >= 15 is 0 Å². The van der Waals surface area contributed by atoms with Gasteiger partial charge in [0.1, 0.15) is 18.4 Å². The lowest BCUT2D eigenvalue weighted by atomic mass is 10.0. The highest BCUT2D eigenvalue weighted by atomic mass is 16.5. The van der Waals surface area contributed by atoms with E-state index in [1.54, 1.807) is 0 Å². The van der Waals surface area contributed by atoms with Gasteiger partial charge in [-0.3, -0.25) is 9.59 Å². The minimum absolute atomic E-state index is 0.144. The first-order valence-electron chi connectivity index (χ1n) is 6.98. The minimum atomic E-state index is -0.549. The van der Waals surface area contributed by atoms with Crippen LogP contribution in [0.3, 0.4) is 0 Å². The highest BCUT2D eigenvalue weighted by Gasteiger charge is 2.29. The topological polar surface area (TPSA) is 61.9 Å². The fraction of sp³-hybridized carbons (Fsp3) is 0.467. The number of hydrogen-bond acceptors (Lipinski definition) is 4. The smallest absolute Gasteiger partial charge is 0.247 e. The van der Waals surface area contributed by atoms with Gasteiger partial charge in [-0.2, -0.15) is 0 Å².